The van der Waals surface area contributed by atoms with Gasteiger partial charge in [-0.2, -0.15) is 0 Å². The highest BCUT2D eigenvalue weighted by atomic mass is 16.5. The molecule has 1 aliphatic carbocycles. The fourth-order valence-corrected chi connectivity index (χ4v) is 2.53. The first-order valence-corrected chi connectivity index (χ1v) is 6.84. The van der Waals surface area contributed by atoms with Crippen molar-refractivity contribution in [2.24, 2.45) is 5.92 Å². The second kappa shape index (κ2) is 6.45. The maximum Gasteiger partial charge on any atom is 0.223 e. The smallest absolute Gasteiger partial charge is 0.223 e. The van der Waals surface area contributed by atoms with E-state index < -0.39 is 0 Å². The zero-order chi connectivity index (χ0) is 13.7. The quantitative estimate of drug-likeness (QED) is 0.878. The standard InChI is InChI=1S/C15H21NO3/c1-19-14-9-11(7-8-13(14)17)10-16-15(18)12-5-3-2-4-6-12/h7-9,12,17H,2-6,10H2,1H3,(H,16,18). The van der Waals surface area contributed by atoms with Crippen LogP contribution in [0.4, 0.5) is 0 Å². The van der Waals surface area contributed by atoms with Gasteiger partial charge in [-0.1, -0.05) is 25.3 Å². The van der Waals surface area contributed by atoms with E-state index in [1.165, 1.54) is 13.5 Å². The number of hydrogen-bond donors (Lipinski definition) is 2. The van der Waals surface area contributed by atoms with Gasteiger partial charge in [0.15, 0.2) is 11.5 Å². The van der Waals surface area contributed by atoms with E-state index >= 15 is 0 Å². The van der Waals surface area contributed by atoms with E-state index in [-0.39, 0.29) is 17.6 Å². The molecular weight excluding hydrogens is 242 g/mol. The second-order valence-electron chi connectivity index (χ2n) is 5.06. The van der Waals surface area contributed by atoms with Crippen LogP contribution in [-0.2, 0) is 11.3 Å². The number of aromatic hydroxyl groups is 1. The molecular formula is C15H21NO3. The zero-order valence-electron chi connectivity index (χ0n) is 11.3. The van der Waals surface area contributed by atoms with Crippen LogP contribution < -0.4 is 10.1 Å². The lowest BCUT2D eigenvalue weighted by Crippen LogP contribution is -2.31. The summed E-state index contributed by atoms with van der Waals surface area (Å²) < 4.78 is 5.05. The maximum atomic E-state index is 12.0. The van der Waals surface area contributed by atoms with Gasteiger partial charge in [-0.25, -0.2) is 0 Å². The van der Waals surface area contributed by atoms with Crippen molar-refractivity contribution in [3.05, 3.63) is 23.8 Å². The molecule has 0 atom stereocenters. The van der Waals surface area contributed by atoms with Crippen molar-refractivity contribution in [2.75, 3.05) is 7.11 Å². The van der Waals surface area contributed by atoms with Gasteiger partial charge in [-0.05, 0) is 30.5 Å². The molecule has 0 aliphatic heterocycles. The van der Waals surface area contributed by atoms with Gasteiger partial charge in [0.1, 0.15) is 0 Å². The first kappa shape index (κ1) is 13.7. The lowest BCUT2D eigenvalue weighted by Gasteiger charge is -2.20. The second-order valence-corrected chi connectivity index (χ2v) is 5.06. The first-order valence-electron chi connectivity index (χ1n) is 6.84. The summed E-state index contributed by atoms with van der Waals surface area (Å²) in [6.07, 6.45) is 5.57. The van der Waals surface area contributed by atoms with Crippen molar-refractivity contribution in [1.29, 1.82) is 0 Å². The van der Waals surface area contributed by atoms with Crippen LogP contribution in [0.5, 0.6) is 11.5 Å². The number of ether oxygens (including phenoxy) is 1. The summed E-state index contributed by atoms with van der Waals surface area (Å²) in [5.74, 6) is 0.869. The molecule has 2 N–H and O–H groups in total. The van der Waals surface area contributed by atoms with Gasteiger partial charge in [0, 0.05) is 12.5 Å². The predicted molar refractivity (Wildman–Crippen MR) is 73.1 cm³/mol. The summed E-state index contributed by atoms with van der Waals surface area (Å²) in [5.41, 5.74) is 0.929. The van der Waals surface area contributed by atoms with Crippen LogP contribution in [0.25, 0.3) is 0 Å². The Bertz CT molecular complexity index is 439. The Kier molecular flexibility index (Phi) is 4.66. The molecule has 0 saturated heterocycles. The fraction of sp³-hybridized carbons (Fsp3) is 0.533. The van der Waals surface area contributed by atoms with Crippen LogP contribution in [0.1, 0.15) is 37.7 Å². The van der Waals surface area contributed by atoms with Crippen LogP contribution >= 0.6 is 0 Å². The summed E-state index contributed by atoms with van der Waals surface area (Å²) in [4.78, 5) is 12.0. The lowest BCUT2D eigenvalue weighted by atomic mass is 9.88. The topological polar surface area (TPSA) is 58.6 Å². The van der Waals surface area contributed by atoms with Gasteiger partial charge in [-0.15, -0.1) is 0 Å². The normalized spacial score (nSPS) is 16.1. The number of carbonyl (C=O) groups is 1. The fourth-order valence-electron chi connectivity index (χ4n) is 2.53. The van der Waals surface area contributed by atoms with Crippen molar-refractivity contribution in [3.63, 3.8) is 0 Å². The van der Waals surface area contributed by atoms with Crippen molar-refractivity contribution in [2.45, 2.75) is 38.6 Å². The van der Waals surface area contributed by atoms with Crippen molar-refractivity contribution in [1.82, 2.24) is 5.32 Å². The Morgan fingerprint density at radius 1 is 1.37 bits per heavy atom. The molecule has 0 radical (unpaired) electrons. The van der Waals surface area contributed by atoms with Crippen LogP contribution in [0.3, 0.4) is 0 Å². The van der Waals surface area contributed by atoms with E-state index in [1.807, 2.05) is 0 Å². The van der Waals surface area contributed by atoms with Crippen LogP contribution in [0.2, 0.25) is 0 Å². The van der Waals surface area contributed by atoms with Crippen molar-refractivity contribution in [3.8, 4) is 11.5 Å². The average molecular weight is 263 g/mol. The highest BCUT2D eigenvalue weighted by Gasteiger charge is 2.20. The Balaban J connectivity index is 1.89. The molecule has 1 aromatic rings. The van der Waals surface area contributed by atoms with Gasteiger partial charge in [0.05, 0.1) is 7.11 Å². The average Bonchev–Trinajstić information content (AvgIpc) is 2.47. The predicted octanol–water partition coefficient (Wildman–Crippen LogP) is 2.60. The molecule has 1 fully saturated rings. The zero-order valence-corrected chi connectivity index (χ0v) is 11.3. The Morgan fingerprint density at radius 2 is 2.11 bits per heavy atom. The molecule has 4 heteroatoms. The van der Waals surface area contributed by atoms with Crippen LogP contribution in [0, 0.1) is 5.92 Å². The summed E-state index contributed by atoms with van der Waals surface area (Å²) in [6, 6.07) is 5.12. The van der Waals surface area contributed by atoms with Gasteiger partial charge in [-0.3, -0.25) is 4.79 Å². The van der Waals surface area contributed by atoms with Crippen molar-refractivity contribution < 1.29 is 14.6 Å². The van der Waals surface area contributed by atoms with Gasteiger partial charge >= 0.3 is 0 Å². The highest BCUT2D eigenvalue weighted by molar-refractivity contribution is 5.78. The lowest BCUT2D eigenvalue weighted by molar-refractivity contribution is -0.126. The molecule has 4 nitrogen and oxygen atoms in total. The number of amides is 1. The van der Waals surface area contributed by atoms with E-state index in [2.05, 4.69) is 5.32 Å². The van der Waals surface area contributed by atoms with E-state index in [0.717, 1.165) is 31.2 Å². The van der Waals surface area contributed by atoms with Gasteiger partial charge in [0.25, 0.3) is 0 Å². The molecule has 0 aromatic heterocycles. The van der Waals surface area contributed by atoms with Gasteiger partial charge < -0.3 is 15.2 Å². The number of phenolic OH excluding ortho intramolecular Hbond substituents is 1. The highest BCUT2D eigenvalue weighted by Crippen LogP contribution is 2.26. The van der Waals surface area contributed by atoms with Crippen LogP contribution in [-0.4, -0.2) is 18.1 Å². The molecule has 1 aromatic carbocycles. The Morgan fingerprint density at radius 3 is 2.79 bits per heavy atom. The minimum atomic E-state index is 0.116. The number of benzene rings is 1. The van der Waals surface area contributed by atoms with E-state index in [4.69, 9.17) is 4.74 Å². The summed E-state index contributed by atoms with van der Waals surface area (Å²) >= 11 is 0. The third-order valence-electron chi connectivity index (χ3n) is 3.69. The molecule has 1 aliphatic rings. The monoisotopic (exact) mass is 263 g/mol. The number of nitrogens with one attached hydrogen (secondary N) is 1. The van der Waals surface area contributed by atoms with Crippen molar-refractivity contribution >= 4 is 5.91 Å². The largest absolute Gasteiger partial charge is 0.504 e. The summed E-state index contributed by atoms with van der Waals surface area (Å²) in [5, 5.41) is 12.5. The number of rotatable bonds is 4. The first-order chi connectivity index (χ1) is 9.20. The minimum absolute atomic E-state index is 0.116. The SMILES string of the molecule is COc1cc(CNC(=O)C2CCCCC2)ccc1O. The molecule has 1 saturated carbocycles. The minimum Gasteiger partial charge on any atom is -0.504 e. The molecule has 19 heavy (non-hydrogen) atoms. The molecule has 0 spiro atoms. The van der Waals surface area contributed by atoms with E-state index in [9.17, 15) is 9.90 Å². The molecule has 0 heterocycles. The number of methoxy groups -OCH3 is 1. The molecule has 2 rings (SSSR count). The Labute approximate surface area is 113 Å². The van der Waals surface area contributed by atoms with Crippen LogP contribution in [0.15, 0.2) is 18.2 Å². The summed E-state index contributed by atoms with van der Waals surface area (Å²) in [6.45, 7) is 0.478. The number of carbonyl (C=O) groups excluding carboxylic acids is 1. The molecule has 104 valence electrons. The van der Waals surface area contributed by atoms with Gasteiger partial charge in [0.2, 0.25) is 5.91 Å². The van der Waals surface area contributed by atoms with E-state index in [0.29, 0.717) is 12.3 Å². The third kappa shape index (κ3) is 3.63. The number of hydrogen-bond acceptors (Lipinski definition) is 3. The Hall–Kier alpha value is -1.71. The third-order valence-corrected chi connectivity index (χ3v) is 3.69. The molecule has 1 amide bonds. The summed E-state index contributed by atoms with van der Waals surface area (Å²) in [7, 11) is 1.51. The molecule has 0 unspecified atom stereocenters. The molecule has 0 bridgehead atoms. The van der Waals surface area contributed by atoms with E-state index in [1.54, 1.807) is 18.2 Å². The number of phenols is 1. The maximum absolute atomic E-state index is 12.0.